The molecule has 0 unspecified atom stereocenters. The zero-order valence-corrected chi connectivity index (χ0v) is 18.0. The van der Waals surface area contributed by atoms with Crippen molar-refractivity contribution in [1.82, 2.24) is 0 Å². The second-order valence-electron chi connectivity index (χ2n) is 7.05. The van der Waals surface area contributed by atoms with Crippen molar-refractivity contribution >= 4 is 58.8 Å². The Morgan fingerprint density at radius 1 is 0.727 bits per heavy atom. The molecule has 4 rings (SSSR count). The van der Waals surface area contributed by atoms with Gasteiger partial charge in [0.15, 0.2) is 5.75 Å². The summed E-state index contributed by atoms with van der Waals surface area (Å²) in [5.74, 6) is -1.05. The molecule has 0 aliphatic carbocycles. The predicted molar refractivity (Wildman–Crippen MR) is 119 cm³/mol. The first-order chi connectivity index (χ1) is 15.3. The molecule has 0 saturated carbocycles. The molecule has 4 aromatic rings. The maximum absolute atomic E-state index is 11.9. The van der Waals surface area contributed by atoms with Gasteiger partial charge in [0.05, 0.1) is 4.90 Å². The minimum absolute atomic E-state index is 0.143. The minimum Gasteiger partial charge on any atom is -0.506 e. The fraction of sp³-hybridized carbons (Fsp3) is 0. The number of benzene rings is 4. The maximum atomic E-state index is 11.9. The van der Waals surface area contributed by atoms with Gasteiger partial charge in [0.1, 0.15) is 22.0 Å². The highest BCUT2D eigenvalue weighted by Crippen LogP contribution is 2.43. The topological polar surface area (TPSA) is 200 Å². The molecular weight excluding hydrogens is 474 g/mol. The third-order valence-electron chi connectivity index (χ3n) is 4.82. The highest BCUT2D eigenvalue weighted by Gasteiger charge is 2.22. The molecule has 11 nitrogen and oxygen atoms in total. The van der Waals surface area contributed by atoms with Gasteiger partial charge >= 0.3 is 0 Å². The summed E-state index contributed by atoms with van der Waals surface area (Å²) in [6.45, 7) is 0. The number of phenols is 2. The average Bonchev–Trinajstić information content (AvgIpc) is 2.71. The number of anilines is 1. The Morgan fingerprint density at radius 2 is 1.42 bits per heavy atom. The molecule has 0 bridgehead atoms. The summed E-state index contributed by atoms with van der Waals surface area (Å²) < 4.78 is 65.2. The number of hydrogen-bond donors (Lipinski definition) is 5. The molecule has 0 atom stereocenters. The SMILES string of the molecule is Nc1ccc2cc(S(=O)(=O)O)c(N=Nc3cc4ccc(S(=O)(=O)O)cc4cc3O)c(O)c2c1. The Morgan fingerprint density at radius 3 is 2.09 bits per heavy atom. The van der Waals surface area contributed by atoms with Gasteiger partial charge in [0.25, 0.3) is 20.2 Å². The van der Waals surface area contributed by atoms with Crippen LogP contribution in [0.15, 0.2) is 74.6 Å². The van der Waals surface area contributed by atoms with Crippen LogP contribution in [0, 0.1) is 0 Å². The van der Waals surface area contributed by atoms with Crippen LogP contribution in [0.2, 0.25) is 0 Å². The smallest absolute Gasteiger partial charge is 0.296 e. The van der Waals surface area contributed by atoms with E-state index in [-0.39, 0.29) is 32.4 Å². The van der Waals surface area contributed by atoms with E-state index < -0.39 is 42.3 Å². The lowest BCUT2D eigenvalue weighted by atomic mass is 10.1. The largest absolute Gasteiger partial charge is 0.506 e. The maximum Gasteiger partial charge on any atom is 0.296 e. The van der Waals surface area contributed by atoms with Gasteiger partial charge in [0, 0.05) is 11.1 Å². The Balaban J connectivity index is 1.89. The van der Waals surface area contributed by atoms with Crippen molar-refractivity contribution in [2.24, 2.45) is 10.2 Å². The van der Waals surface area contributed by atoms with Gasteiger partial charge in [-0.15, -0.1) is 10.2 Å². The van der Waals surface area contributed by atoms with Crippen molar-refractivity contribution in [2.75, 3.05) is 5.73 Å². The van der Waals surface area contributed by atoms with E-state index in [9.17, 15) is 31.6 Å². The molecule has 33 heavy (non-hydrogen) atoms. The van der Waals surface area contributed by atoms with E-state index >= 15 is 0 Å². The number of nitrogen functional groups attached to an aromatic ring is 1. The van der Waals surface area contributed by atoms with Crippen LogP contribution in [0.3, 0.4) is 0 Å². The summed E-state index contributed by atoms with van der Waals surface area (Å²) in [4.78, 5) is -1.08. The van der Waals surface area contributed by atoms with Crippen molar-refractivity contribution in [1.29, 1.82) is 0 Å². The first-order valence-electron chi connectivity index (χ1n) is 9.03. The summed E-state index contributed by atoms with van der Waals surface area (Å²) in [5.41, 5.74) is 5.30. The highest BCUT2D eigenvalue weighted by atomic mass is 32.2. The third kappa shape index (κ3) is 4.29. The van der Waals surface area contributed by atoms with E-state index in [0.717, 1.165) is 18.2 Å². The van der Waals surface area contributed by atoms with Crippen molar-refractivity contribution in [3.8, 4) is 11.5 Å². The minimum atomic E-state index is -4.81. The molecule has 13 heteroatoms. The summed E-state index contributed by atoms with van der Waals surface area (Å²) in [6.07, 6.45) is 0. The summed E-state index contributed by atoms with van der Waals surface area (Å²) in [7, 11) is -9.26. The van der Waals surface area contributed by atoms with Gasteiger partial charge in [-0.3, -0.25) is 9.11 Å². The lowest BCUT2D eigenvalue weighted by Crippen LogP contribution is -1.99. The second kappa shape index (κ2) is 7.67. The molecule has 0 fully saturated rings. The first-order valence-corrected chi connectivity index (χ1v) is 11.9. The average molecular weight is 489 g/mol. The standard InChI is InChI=1S/C20H15N3O8S2/c21-13-3-1-11-8-18(33(29,30)31)19(20(25)15(11)9-13)23-22-16-6-10-2-4-14(32(26,27)28)5-12(10)7-17(16)24/h1-9,24-25H,21H2,(H,26,27,28)(H,29,30,31). The van der Waals surface area contributed by atoms with Gasteiger partial charge < -0.3 is 15.9 Å². The van der Waals surface area contributed by atoms with E-state index in [1.165, 1.54) is 36.4 Å². The molecule has 0 heterocycles. The van der Waals surface area contributed by atoms with Gasteiger partial charge in [-0.25, -0.2) is 0 Å². The van der Waals surface area contributed by atoms with E-state index in [1.807, 2.05) is 0 Å². The van der Waals surface area contributed by atoms with Crippen LogP contribution >= 0.6 is 0 Å². The molecule has 0 saturated heterocycles. The highest BCUT2D eigenvalue weighted by molar-refractivity contribution is 7.86. The Bertz CT molecular complexity index is 1700. The summed E-state index contributed by atoms with van der Waals surface area (Å²) in [6, 6.07) is 11.6. The van der Waals surface area contributed by atoms with Crippen LogP contribution in [0.4, 0.5) is 17.1 Å². The van der Waals surface area contributed by atoms with Crippen LogP contribution in [0.25, 0.3) is 21.5 Å². The van der Waals surface area contributed by atoms with E-state index in [2.05, 4.69) is 10.2 Å². The van der Waals surface area contributed by atoms with Crippen LogP contribution in [-0.4, -0.2) is 36.2 Å². The molecule has 6 N–H and O–H groups in total. The lowest BCUT2D eigenvalue weighted by Gasteiger charge is -2.09. The van der Waals surface area contributed by atoms with Crippen LogP contribution < -0.4 is 5.73 Å². The Hall–Kier alpha value is -3.78. The molecular formula is C20H15N3O8S2. The summed E-state index contributed by atoms with van der Waals surface area (Å²) in [5, 5.41) is 29.6. The van der Waals surface area contributed by atoms with Gasteiger partial charge in [-0.2, -0.15) is 16.8 Å². The fourth-order valence-corrected chi connectivity index (χ4v) is 4.42. The predicted octanol–water partition coefficient (Wildman–Crippen LogP) is 3.90. The monoisotopic (exact) mass is 489 g/mol. The molecule has 0 amide bonds. The summed E-state index contributed by atoms with van der Waals surface area (Å²) >= 11 is 0. The number of azo groups is 1. The molecule has 4 aromatic carbocycles. The molecule has 0 aliphatic heterocycles. The first kappa shape index (κ1) is 22.4. The zero-order valence-electron chi connectivity index (χ0n) is 16.4. The zero-order chi connectivity index (χ0) is 24.1. The number of hydrogen-bond acceptors (Lipinski definition) is 9. The van der Waals surface area contributed by atoms with Crippen molar-refractivity contribution in [2.45, 2.75) is 9.79 Å². The molecule has 0 spiro atoms. The number of nitrogens with zero attached hydrogens (tertiary/aromatic N) is 2. The number of fused-ring (bicyclic) bond motifs is 2. The van der Waals surface area contributed by atoms with E-state index in [1.54, 1.807) is 0 Å². The molecule has 0 aromatic heterocycles. The third-order valence-corrected chi connectivity index (χ3v) is 6.53. The molecule has 170 valence electrons. The second-order valence-corrected chi connectivity index (χ2v) is 9.86. The quantitative estimate of drug-likeness (QED) is 0.160. The number of phenolic OH excluding ortho intramolecular Hbond substituents is 2. The van der Waals surface area contributed by atoms with Gasteiger partial charge in [0.2, 0.25) is 0 Å². The van der Waals surface area contributed by atoms with Gasteiger partial charge in [-0.05, 0) is 58.6 Å². The van der Waals surface area contributed by atoms with Crippen LogP contribution in [-0.2, 0) is 20.2 Å². The van der Waals surface area contributed by atoms with E-state index in [4.69, 9.17) is 10.3 Å². The lowest BCUT2D eigenvalue weighted by molar-refractivity contribution is 0.471. The number of rotatable bonds is 4. The molecule has 0 aliphatic rings. The van der Waals surface area contributed by atoms with Crippen molar-refractivity contribution in [3.05, 3.63) is 54.6 Å². The van der Waals surface area contributed by atoms with E-state index in [0.29, 0.717) is 5.39 Å². The Kier molecular flexibility index (Phi) is 5.21. The normalized spacial score (nSPS) is 12.7. The van der Waals surface area contributed by atoms with Crippen LogP contribution in [0.5, 0.6) is 11.5 Å². The molecule has 0 radical (unpaired) electrons. The van der Waals surface area contributed by atoms with Crippen LogP contribution in [0.1, 0.15) is 0 Å². The van der Waals surface area contributed by atoms with Crippen molar-refractivity contribution < 1.29 is 36.2 Å². The fourth-order valence-electron chi connectivity index (χ4n) is 3.25. The number of nitrogens with two attached hydrogens (primary N) is 1. The Labute approximate surface area is 186 Å². The number of aromatic hydroxyl groups is 2. The van der Waals surface area contributed by atoms with Crippen molar-refractivity contribution in [3.63, 3.8) is 0 Å². The van der Waals surface area contributed by atoms with Gasteiger partial charge in [-0.1, -0.05) is 12.1 Å².